The monoisotopic (exact) mass is 377 g/mol. The number of nitrogens with one attached hydrogen (secondary N) is 1. The third-order valence-electron chi connectivity index (χ3n) is 4.74. The molecule has 0 radical (unpaired) electrons. The zero-order valence-electron chi connectivity index (χ0n) is 17.0. The number of nitrogens with zero attached hydrogens (tertiary/aromatic N) is 3. The minimum Gasteiger partial charge on any atom is -0.444 e. The van der Waals surface area contributed by atoms with E-state index < -0.39 is 11.7 Å². The Balaban J connectivity index is 2.27. The third-order valence-corrected chi connectivity index (χ3v) is 4.74. The third kappa shape index (κ3) is 5.24. The van der Waals surface area contributed by atoms with Crippen molar-refractivity contribution >= 4 is 23.4 Å². The number of alkyl carbamates (subject to hydrolysis) is 1. The summed E-state index contributed by atoms with van der Waals surface area (Å²) in [7, 11) is 1.77. The molecular weight excluding hydrogens is 346 g/mol. The molecule has 1 fully saturated rings. The van der Waals surface area contributed by atoms with Crippen molar-refractivity contribution in [2.45, 2.75) is 52.3 Å². The van der Waals surface area contributed by atoms with Crippen molar-refractivity contribution in [3.8, 4) is 0 Å². The van der Waals surface area contributed by atoms with E-state index in [1.165, 1.54) is 6.92 Å². The highest BCUT2D eigenvalue weighted by molar-refractivity contribution is 5.74. The molecule has 2 heterocycles. The van der Waals surface area contributed by atoms with E-state index >= 15 is 0 Å². The van der Waals surface area contributed by atoms with Crippen LogP contribution >= 0.6 is 0 Å². The number of aromatic nitrogens is 1. The van der Waals surface area contributed by atoms with Gasteiger partial charge in [-0.2, -0.15) is 0 Å². The molecule has 0 bridgehead atoms. The lowest BCUT2D eigenvalue weighted by Gasteiger charge is -2.47. The van der Waals surface area contributed by atoms with Gasteiger partial charge in [0.15, 0.2) is 0 Å². The highest BCUT2D eigenvalue weighted by Crippen LogP contribution is 2.29. The molecule has 150 valence electrons. The molecule has 0 saturated carbocycles. The van der Waals surface area contributed by atoms with Gasteiger partial charge in [-0.1, -0.05) is 6.92 Å². The number of rotatable bonds is 3. The first kappa shape index (κ1) is 20.8. The Kier molecular flexibility index (Phi) is 6.18. The van der Waals surface area contributed by atoms with Crippen molar-refractivity contribution in [3.63, 3.8) is 0 Å². The van der Waals surface area contributed by atoms with Crippen LogP contribution in [0.2, 0.25) is 0 Å². The second-order valence-electron chi connectivity index (χ2n) is 8.19. The van der Waals surface area contributed by atoms with E-state index in [4.69, 9.17) is 10.5 Å². The minimum atomic E-state index is -0.596. The number of hydrogen-bond donors (Lipinski definition) is 2. The van der Waals surface area contributed by atoms with E-state index in [2.05, 4.69) is 22.1 Å². The second-order valence-corrected chi connectivity index (χ2v) is 8.19. The van der Waals surface area contributed by atoms with Crippen molar-refractivity contribution in [3.05, 3.63) is 18.5 Å². The molecule has 3 atom stereocenters. The van der Waals surface area contributed by atoms with Gasteiger partial charge in [-0.3, -0.25) is 9.78 Å². The Morgan fingerprint density at radius 3 is 2.59 bits per heavy atom. The van der Waals surface area contributed by atoms with Crippen LogP contribution in [0, 0.1) is 5.92 Å². The Hall–Kier alpha value is -2.51. The Morgan fingerprint density at radius 1 is 1.37 bits per heavy atom. The van der Waals surface area contributed by atoms with Gasteiger partial charge in [0.05, 0.1) is 29.7 Å². The first-order valence-electron chi connectivity index (χ1n) is 9.17. The average Bonchev–Trinajstić information content (AvgIpc) is 2.52. The SMILES string of the molecule is CC(=O)N(C)[C@H]1[C@@H](C)CN(c2ccncc2N)C[C@H]1NC(=O)OC(C)(C)C. The summed E-state index contributed by atoms with van der Waals surface area (Å²) in [5, 5.41) is 2.96. The summed E-state index contributed by atoms with van der Waals surface area (Å²) in [6.07, 6.45) is 2.82. The van der Waals surface area contributed by atoms with Crippen LogP contribution in [0.15, 0.2) is 18.5 Å². The van der Waals surface area contributed by atoms with Crippen LogP contribution in [0.3, 0.4) is 0 Å². The normalized spacial score (nSPS) is 22.9. The first-order chi connectivity index (χ1) is 12.5. The van der Waals surface area contributed by atoms with Crippen LogP contribution in [0.5, 0.6) is 0 Å². The van der Waals surface area contributed by atoms with Gasteiger partial charge < -0.3 is 25.6 Å². The van der Waals surface area contributed by atoms with Gasteiger partial charge in [0.1, 0.15) is 5.60 Å². The Labute approximate surface area is 161 Å². The van der Waals surface area contributed by atoms with Gasteiger partial charge in [0.25, 0.3) is 0 Å². The summed E-state index contributed by atoms with van der Waals surface area (Å²) in [5.41, 5.74) is 6.95. The van der Waals surface area contributed by atoms with Gasteiger partial charge in [0, 0.05) is 33.3 Å². The maximum atomic E-state index is 12.4. The summed E-state index contributed by atoms with van der Waals surface area (Å²) in [5.74, 6) is 0.0693. The Morgan fingerprint density at radius 2 is 2.04 bits per heavy atom. The van der Waals surface area contributed by atoms with E-state index in [-0.39, 0.29) is 23.9 Å². The lowest BCUT2D eigenvalue weighted by molar-refractivity contribution is -0.131. The van der Waals surface area contributed by atoms with Crippen LogP contribution in [-0.2, 0) is 9.53 Å². The molecule has 1 aliphatic heterocycles. The van der Waals surface area contributed by atoms with Crippen molar-refractivity contribution < 1.29 is 14.3 Å². The largest absolute Gasteiger partial charge is 0.444 e. The molecule has 8 nitrogen and oxygen atoms in total. The molecule has 1 aromatic rings. The number of anilines is 2. The number of nitrogens with two attached hydrogens (primary N) is 1. The average molecular weight is 377 g/mol. The lowest BCUT2D eigenvalue weighted by atomic mass is 9.88. The number of amides is 2. The maximum absolute atomic E-state index is 12.4. The number of hydrogen-bond acceptors (Lipinski definition) is 6. The molecule has 0 aliphatic carbocycles. The quantitative estimate of drug-likeness (QED) is 0.834. The molecular formula is C19H31N5O3. The fourth-order valence-corrected chi connectivity index (χ4v) is 3.61. The van der Waals surface area contributed by atoms with Crippen molar-refractivity contribution in [1.82, 2.24) is 15.2 Å². The topological polar surface area (TPSA) is 101 Å². The van der Waals surface area contributed by atoms with E-state index in [9.17, 15) is 9.59 Å². The summed E-state index contributed by atoms with van der Waals surface area (Å²) < 4.78 is 5.42. The van der Waals surface area contributed by atoms with Crippen LogP contribution in [0.25, 0.3) is 0 Å². The number of carbonyl (C=O) groups is 2. The summed E-state index contributed by atoms with van der Waals surface area (Å²) in [6, 6.07) is 1.42. The molecule has 1 aromatic heterocycles. The summed E-state index contributed by atoms with van der Waals surface area (Å²) in [4.78, 5) is 32.2. The fraction of sp³-hybridized carbons (Fsp3) is 0.632. The van der Waals surface area contributed by atoms with Crippen LogP contribution in [0.4, 0.5) is 16.2 Å². The van der Waals surface area contributed by atoms with Crippen molar-refractivity contribution in [2.75, 3.05) is 30.8 Å². The predicted molar refractivity (Wildman–Crippen MR) is 105 cm³/mol. The lowest BCUT2D eigenvalue weighted by Crippen LogP contribution is -2.64. The number of piperidine rings is 1. The van der Waals surface area contributed by atoms with Gasteiger partial charge in [-0.15, -0.1) is 0 Å². The number of nitrogen functional groups attached to an aromatic ring is 1. The number of pyridine rings is 1. The number of carbonyl (C=O) groups excluding carboxylic acids is 2. The number of ether oxygens (including phenoxy) is 1. The standard InChI is InChI=1S/C19H31N5O3/c1-12-10-24(16-7-8-21-9-14(16)20)11-15(17(12)23(6)13(2)25)22-18(26)27-19(3,4)5/h7-9,12,15,17H,10-11,20H2,1-6H3,(H,22,26)/t12-,15+,17-/m0/s1. The van der Waals surface area contributed by atoms with Gasteiger partial charge >= 0.3 is 6.09 Å². The molecule has 0 unspecified atom stereocenters. The maximum Gasteiger partial charge on any atom is 0.408 e. The van der Waals surface area contributed by atoms with E-state index in [0.29, 0.717) is 18.8 Å². The van der Waals surface area contributed by atoms with Crippen molar-refractivity contribution in [1.29, 1.82) is 0 Å². The van der Waals surface area contributed by atoms with Gasteiger partial charge in [-0.25, -0.2) is 4.79 Å². The van der Waals surface area contributed by atoms with Crippen LogP contribution < -0.4 is 16.0 Å². The van der Waals surface area contributed by atoms with Crippen molar-refractivity contribution in [2.24, 2.45) is 5.92 Å². The molecule has 0 spiro atoms. The second kappa shape index (κ2) is 8.02. The Bertz CT molecular complexity index is 688. The van der Waals surface area contributed by atoms with Crippen LogP contribution in [0.1, 0.15) is 34.6 Å². The zero-order valence-corrected chi connectivity index (χ0v) is 17.0. The molecule has 0 aromatic carbocycles. The number of likely N-dealkylation sites (N-methyl/N-ethyl adjacent to an activating group) is 1. The molecule has 27 heavy (non-hydrogen) atoms. The fourth-order valence-electron chi connectivity index (χ4n) is 3.61. The molecule has 8 heteroatoms. The van der Waals surface area contributed by atoms with Crippen LogP contribution in [-0.4, -0.2) is 59.7 Å². The first-order valence-corrected chi connectivity index (χ1v) is 9.17. The molecule has 1 saturated heterocycles. The van der Waals surface area contributed by atoms with Gasteiger partial charge in [0.2, 0.25) is 5.91 Å². The highest BCUT2D eigenvalue weighted by Gasteiger charge is 2.40. The zero-order chi connectivity index (χ0) is 20.4. The molecule has 1 aliphatic rings. The van der Waals surface area contributed by atoms with E-state index in [1.54, 1.807) is 24.3 Å². The summed E-state index contributed by atoms with van der Waals surface area (Å²) in [6.45, 7) is 10.3. The van der Waals surface area contributed by atoms with E-state index in [0.717, 1.165) is 5.69 Å². The van der Waals surface area contributed by atoms with E-state index in [1.807, 2.05) is 26.8 Å². The molecule has 3 N–H and O–H groups in total. The predicted octanol–water partition coefficient (Wildman–Crippen LogP) is 1.86. The molecule has 2 amide bonds. The minimum absolute atomic E-state index is 0.0419. The highest BCUT2D eigenvalue weighted by atomic mass is 16.6. The van der Waals surface area contributed by atoms with Gasteiger partial charge in [-0.05, 0) is 32.8 Å². The summed E-state index contributed by atoms with van der Waals surface area (Å²) >= 11 is 0. The molecule has 2 rings (SSSR count). The smallest absolute Gasteiger partial charge is 0.408 e.